The lowest BCUT2D eigenvalue weighted by molar-refractivity contribution is 0.0954. The Bertz CT molecular complexity index is 838. The lowest BCUT2D eigenvalue weighted by Gasteiger charge is -2.09. The molecule has 0 aromatic heterocycles. The lowest BCUT2D eigenvalue weighted by atomic mass is 10.1. The Labute approximate surface area is 160 Å². The number of halogens is 3. The summed E-state index contributed by atoms with van der Waals surface area (Å²) in [5, 5.41) is 4.92. The van der Waals surface area contributed by atoms with Crippen LogP contribution in [0.5, 0.6) is 11.5 Å². The van der Waals surface area contributed by atoms with Crippen molar-refractivity contribution in [3.05, 3.63) is 56.5 Å². The van der Waals surface area contributed by atoms with Gasteiger partial charge in [-0.25, -0.2) is 5.43 Å². The first kappa shape index (κ1) is 19.4. The van der Waals surface area contributed by atoms with Crippen molar-refractivity contribution in [2.45, 2.75) is 6.92 Å². The molecule has 0 aliphatic carbocycles. The van der Waals surface area contributed by atoms with Crippen LogP contribution >= 0.6 is 34.8 Å². The summed E-state index contributed by atoms with van der Waals surface area (Å²) in [5.41, 5.74) is 3.89. The van der Waals surface area contributed by atoms with Gasteiger partial charge in [0, 0.05) is 11.1 Å². The first-order valence-electron chi connectivity index (χ1n) is 7.09. The summed E-state index contributed by atoms with van der Waals surface area (Å²) < 4.78 is 10.3. The fraction of sp³-hybridized carbons (Fsp3) is 0.176. The molecule has 25 heavy (non-hydrogen) atoms. The number of amides is 1. The van der Waals surface area contributed by atoms with E-state index >= 15 is 0 Å². The Morgan fingerprint density at radius 2 is 1.68 bits per heavy atom. The van der Waals surface area contributed by atoms with Gasteiger partial charge in [-0.2, -0.15) is 5.10 Å². The minimum atomic E-state index is -0.406. The SMILES string of the molecule is COc1ccc(C(=O)N/N=C(/C)c2ccc(Cl)c(Cl)c2Cl)cc1OC. The number of carbonyl (C=O) groups excluding carboxylic acids is 1. The number of hydrazone groups is 1. The van der Waals surface area contributed by atoms with Crippen LogP contribution in [0, 0.1) is 0 Å². The first-order chi connectivity index (χ1) is 11.9. The number of nitrogens with zero attached hydrogens (tertiary/aromatic N) is 1. The first-order valence-corrected chi connectivity index (χ1v) is 8.23. The zero-order chi connectivity index (χ0) is 18.6. The number of ether oxygens (including phenoxy) is 2. The molecule has 2 aromatic carbocycles. The molecule has 2 aromatic rings. The van der Waals surface area contributed by atoms with Gasteiger partial charge in [0.25, 0.3) is 5.91 Å². The predicted octanol–water partition coefficient (Wildman–Crippen LogP) is 4.82. The minimum Gasteiger partial charge on any atom is -0.493 e. The van der Waals surface area contributed by atoms with Crippen LogP contribution in [0.1, 0.15) is 22.8 Å². The molecule has 0 atom stereocenters. The molecule has 0 saturated carbocycles. The van der Waals surface area contributed by atoms with Crippen LogP contribution < -0.4 is 14.9 Å². The second-order valence-corrected chi connectivity index (χ2v) is 6.09. The van der Waals surface area contributed by atoms with E-state index in [1.165, 1.54) is 14.2 Å². The molecular formula is C17H15Cl3N2O3. The van der Waals surface area contributed by atoms with Crippen molar-refractivity contribution in [2.24, 2.45) is 5.10 Å². The molecule has 2 rings (SSSR count). The molecule has 0 radical (unpaired) electrons. The fourth-order valence-corrected chi connectivity index (χ4v) is 2.71. The summed E-state index contributed by atoms with van der Waals surface area (Å²) in [6.45, 7) is 1.69. The molecule has 0 heterocycles. The van der Waals surface area contributed by atoms with Gasteiger partial charge in [-0.1, -0.05) is 40.9 Å². The van der Waals surface area contributed by atoms with Gasteiger partial charge in [-0.15, -0.1) is 0 Å². The molecule has 0 aliphatic heterocycles. The van der Waals surface area contributed by atoms with E-state index in [9.17, 15) is 4.79 Å². The van der Waals surface area contributed by atoms with Gasteiger partial charge in [0.05, 0.1) is 35.0 Å². The molecule has 132 valence electrons. The van der Waals surface area contributed by atoms with Gasteiger partial charge in [0.2, 0.25) is 0 Å². The van der Waals surface area contributed by atoms with Gasteiger partial charge >= 0.3 is 0 Å². The van der Waals surface area contributed by atoms with E-state index < -0.39 is 5.91 Å². The molecule has 0 aliphatic rings. The van der Waals surface area contributed by atoms with Gasteiger partial charge < -0.3 is 9.47 Å². The van der Waals surface area contributed by atoms with Crippen molar-refractivity contribution >= 4 is 46.4 Å². The number of methoxy groups -OCH3 is 2. The zero-order valence-electron chi connectivity index (χ0n) is 13.7. The summed E-state index contributed by atoms with van der Waals surface area (Å²) in [7, 11) is 3.01. The van der Waals surface area contributed by atoms with Crippen molar-refractivity contribution in [1.82, 2.24) is 5.43 Å². The van der Waals surface area contributed by atoms with E-state index in [1.807, 2.05) is 0 Å². The number of benzene rings is 2. The highest BCUT2D eigenvalue weighted by Crippen LogP contribution is 2.33. The summed E-state index contributed by atoms with van der Waals surface area (Å²) in [4.78, 5) is 12.3. The maximum absolute atomic E-state index is 12.3. The quantitative estimate of drug-likeness (QED) is 0.444. The maximum atomic E-state index is 12.3. The molecule has 5 nitrogen and oxygen atoms in total. The van der Waals surface area contributed by atoms with E-state index in [2.05, 4.69) is 10.5 Å². The molecule has 0 unspecified atom stereocenters. The van der Waals surface area contributed by atoms with Crippen molar-refractivity contribution < 1.29 is 14.3 Å². The number of rotatable bonds is 5. The van der Waals surface area contributed by atoms with Gasteiger partial charge in [-0.05, 0) is 31.2 Å². The molecule has 0 spiro atoms. The molecule has 8 heteroatoms. The van der Waals surface area contributed by atoms with Crippen molar-refractivity contribution in [1.29, 1.82) is 0 Å². The number of hydrogen-bond donors (Lipinski definition) is 1. The van der Waals surface area contributed by atoms with Crippen LogP contribution in [0.3, 0.4) is 0 Å². The van der Waals surface area contributed by atoms with Crippen LogP contribution in [0.25, 0.3) is 0 Å². The Hall–Kier alpha value is -1.95. The van der Waals surface area contributed by atoms with E-state index in [4.69, 9.17) is 44.3 Å². The predicted molar refractivity (Wildman–Crippen MR) is 101 cm³/mol. The third-order valence-corrected chi connectivity index (χ3v) is 4.69. The molecule has 1 amide bonds. The average molecular weight is 402 g/mol. The number of nitrogens with one attached hydrogen (secondary N) is 1. The number of carbonyl (C=O) groups is 1. The Kier molecular flexibility index (Phi) is 6.53. The van der Waals surface area contributed by atoms with Gasteiger partial charge in [-0.3, -0.25) is 4.79 Å². The lowest BCUT2D eigenvalue weighted by Crippen LogP contribution is -2.19. The summed E-state index contributed by atoms with van der Waals surface area (Å²) in [6, 6.07) is 8.09. The minimum absolute atomic E-state index is 0.238. The zero-order valence-corrected chi connectivity index (χ0v) is 16.0. The highest BCUT2D eigenvalue weighted by atomic mass is 35.5. The standard InChI is InChI=1S/C17H15Cl3N2O3/c1-9(11-5-6-12(18)16(20)15(11)19)21-22-17(23)10-4-7-13(24-2)14(8-10)25-3/h4-8H,1-3H3,(H,22,23)/b21-9-. The molecular weight excluding hydrogens is 387 g/mol. The van der Waals surface area contributed by atoms with Gasteiger partial charge in [0.15, 0.2) is 11.5 Å². The van der Waals surface area contributed by atoms with E-state index in [1.54, 1.807) is 37.3 Å². The molecule has 0 fully saturated rings. The molecule has 0 bridgehead atoms. The van der Waals surface area contributed by atoms with Crippen LogP contribution in [-0.2, 0) is 0 Å². The second-order valence-electron chi connectivity index (χ2n) is 4.93. The van der Waals surface area contributed by atoms with Crippen LogP contribution in [0.15, 0.2) is 35.4 Å². The highest BCUT2D eigenvalue weighted by molar-refractivity contribution is 6.49. The Morgan fingerprint density at radius 3 is 2.32 bits per heavy atom. The van der Waals surface area contributed by atoms with Crippen molar-refractivity contribution in [3.63, 3.8) is 0 Å². The van der Waals surface area contributed by atoms with Crippen LogP contribution in [0.2, 0.25) is 15.1 Å². The van der Waals surface area contributed by atoms with Crippen LogP contribution in [0.4, 0.5) is 0 Å². The average Bonchev–Trinajstić information content (AvgIpc) is 2.63. The maximum Gasteiger partial charge on any atom is 0.271 e. The fourth-order valence-electron chi connectivity index (χ4n) is 2.04. The summed E-state index contributed by atoms with van der Waals surface area (Å²) in [6.07, 6.45) is 0. The topological polar surface area (TPSA) is 59.9 Å². The molecule has 1 N–H and O–H groups in total. The monoisotopic (exact) mass is 400 g/mol. The summed E-state index contributed by atoms with van der Waals surface area (Å²) >= 11 is 18.1. The second kappa shape index (κ2) is 8.43. The Balaban J connectivity index is 2.21. The smallest absolute Gasteiger partial charge is 0.271 e. The third-order valence-electron chi connectivity index (χ3n) is 3.40. The normalized spacial score (nSPS) is 11.2. The van der Waals surface area contributed by atoms with E-state index in [-0.39, 0.29) is 10.0 Å². The van der Waals surface area contributed by atoms with Crippen molar-refractivity contribution in [3.8, 4) is 11.5 Å². The van der Waals surface area contributed by atoms with Gasteiger partial charge in [0.1, 0.15) is 0 Å². The largest absolute Gasteiger partial charge is 0.493 e. The van der Waals surface area contributed by atoms with E-state index in [0.29, 0.717) is 33.4 Å². The number of hydrogen-bond acceptors (Lipinski definition) is 4. The van der Waals surface area contributed by atoms with E-state index in [0.717, 1.165) is 0 Å². The third kappa shape index (κ3) is 4.37. The summed E-state index contributed by atoms with van der Waals surface area (Å²) in [5.74, 6) is 0.571. The Morgan fingerprint density at radius 1 is 1.00 bits per heavy atom. The van der Waals surface area contributed by atoms with Crippen molar-refractivity contribution in [2.75, 3.05) is 14.2 Å². The van der Waals surface area contributed by atoms with Crippen LogP contribution in [-0.4, -0.2) is 25.8 Å². The molecule has 0 saturated heterocycles. The highest BCUT2D eigenvalue weighted by Gasteiger charge is 2.13.